The number of thiophene rings is 1. The number of rotatable bonds is 5. The Hall–Kier alpha value is -2.97. The van der Waals surface area contributed by atoms with Crippen LogP contribution in [0.2, 0.25) is 0 Å². The summed E-state index contributed by atoms with van der Waals surface area (Å²) in [4.78, 5) is 32.3. The Bertz CT molecular complexity index is 1130. The Morgan fingerprint density at radius 1 is 1.27 bits per heavy atom. The maximum absolute atomic E-state index is 13.0. The minimum Gasteiger partial charge on any atom is -0.507 e. The van der Waals surface area contributed by atoms with Crippen LogP contribution in [0.15, 0.2) is 70.3 Å². The van der Waals surface area contributed by atoms with Crippen molar-refractivity contribution in [3.63, 3.8) is 0 Å². The maximum atomic E-state index is 13.0. The molecule has 1 saturated heterocycles. The number of benzene rings is 1. The van der Waals surface area contributed by atoms with Crippen LogP contribution in [-0.4, -0.2) is 33.8 Å². The molecular formula is C22H17BrN2O4S. The van der Waals surface area contributed by atoms with Gasteiger partial charge in [0.2, 0.25) is 0 Å². The first kappa shape index (κ1) is 20.3. The molecule has 0 aliphatic carbocycles. The quantitative estimate of drug-likeness (QED) is 0.326. The summed E-state index contributed by atoms with van der Waals surface area (Å²) in [6.45, 7) is 0.212. The van der Waals surface area contributed by atoms with E-state index in [1.54, 1.807) is 43.8 Å². The lowest BCUT2D eigenvalue weighted by Crippen LogP contribution is -2.28. The second-order valence-electron chi connectivity index (χ2n) is 6.65. The summed E-state index contributed by atoms with van der Waals surface area (Å²) in [5, 5.41) is 12.9. The molecule has 6 nitrogen and oxygen atoms in total. The standard InChI is InChI=1S/C22H17BrN2O4S/c1-29-16-7-6-14(10-15(16)23)20(26)18-19(17-5-3-9-30-17)25(22(28)21(18)27)12-13-4-2-8-24-11-13/h2-11,19,26H,12H2,1H3/b20-18-. The zero-order chi connectivity index (χ0) is 21.3. The van der Waals surface area contributed by atoms with Crippen molar-refractivity contribution in [1.82, 2.24) is 9.88 Å². The van der Waals surface area contributed by atoms with Gasteiger partial charge in [0, 0.05) is 29.4 Å². The number of ketones is 1. The third-order valence-electron chi connectivity index (χ3n) is 4.85. The Morgan fingerprint density at radius 2 is 2.10 bits per heavy atom. The third kappa shape index (κ3) is 3.64. The van der Waals surface area contributed by atoms with Crippen molar-refractivity contribution < 1.29 is 19.4 Å². The van der Waals surface area contributed by atoms with Gasteiger partial charge in [-0.15, -0.1) is 11.3 Å². The van der Waals surface area contributed by atoms with E-state index in [1.165, 1.54) is 16.2 Å². The number of likely N-dealkylation sites (tertiary alicyclic amines) is 1. The highest BCUT2D eigenvalue weighted by molar-refractivity contribution is 9.10. The monoisotopic (exact) mass is 484 g/mol. The largest absolute Gasteiger partial charge is 0.507 e. The van der Waals surface area contributed by atoms with E-state index in [1.807, 2.05) is 23.6 Å². The van der Waals surface area contributed by atoms with Crippen LogP contribution in [0, 0.1) is 0 Å². The summed E-state index contributed by atoms with van der Waals surface area (Å²) in [6, 6.07) is 11.7. The molecule has 2 aromatic heterocycles. The zero-order valence-corrected chi connectivity index (χ0v) is 18.3. The van der Waals surface area contributed by atoms with Crippen molar-refractivity contribution in [1.29, 1.82) is 0 Å². The van der Waals surface area contributed by atoms with Crippen molar-refractivity contribution in [2.45, 2.75) is 12.6 Å². The number of ether oxygens (including phenoxy) is 1. The molecular weight excluding hydrogens is 468 g/mol. The molecule has 1 aromatic carbocycles. The van der Waals surface area contributed by atoms with Gasteiger partial charge in [0.25, 0.3) is 11.7 Å². The number of aromatic nitrogens is 1. The van der Waals surface area contributed by atoms with Crippen LogP contribution < -0.4 is 4.74 Å². The molecule has 1 atom stereocenters. The van der Waals surface area contributed by atoms with Gasteiger partial charge in [-0.1, -0.05) is 12.1 Å². The lowest BCUT2D eigenvalue weighted by Gasteiger charge is -2.24. The minimum atomic E-state index is -0.707. The third-order valence-corrected chi connectivity index (χ3v) is 6.40. The molecule has 3 heterocycles. The SMILES string of the molecule is COc1ccc(/C(O)=C2/C(=O)C(=O)N(Cc3cccnc3)C2c2cccs2)cc1Br. The summed E-state index contributed by atoms with van der Waals surface area (Å²) in [5.74, 6) is -0.977. The van der Waals surface area contributed by atoms with Gasteiger partial charge in [-0.2, -0.15) is 0 Å². The van der Waals surface area contributed by atoms with E-state index < -0.39 is 17.7 Å². The highest BCUT2D eigenvalue weighted by Gasteiger charge is 2.46. The number of carbonyl (C=O) groups excluding carboxylic acids is 2. The molecule has 30 heavy (non-hydrogen) atoms. The average Bonchev–Trinajstić information content (AvgIpc) is 3.37. The summed E-state index contributed by atoms with van der Waals surface area (Å²) >= 11 is 4.82. The van der Waals surface area contributed by atoms with Crippen LogP contribution >= 0.6 is 27.3 Å². The lowest BCUT2D eigenvalue weighted by molar-refractivity contribution is -0.140. The molecule has 0 bridgehead atoms. The van der Waals surface area contributed by atoms with Gasteiger partial charge in [-0.3, -0.25) is 14.6 Å². The number of aliphatic hydroxyl groups excluding tert-OH is 1. The first-order chi connectivity index (χ1) is 14.5. The summed E-state index contributed by atoms with van der Waals surface area (Å²) in [6.07, 6.45) is 3.31. The predicted octanol–water partition coefficient (Wildman–Crippen LogP) is 4.54. The van der Waals surface area contributed by atoms with Crippen molar-refractivity contribution in [2.75, 3.05) is 7.11 Å². The Labute approximate surface area is 185 Å². The molecule has 1 aliphatic heterocycles. The number of hydrogen-bond donors (Lipinski definition) is 1. The van der Waals surface area contributed by atoms with Gasteiger partial charge in [0.15, 0.2) is 0 Å². The second kappa shape index (κ2) is 8.41. The van der Waals surface area contributed by atoms with E-state index in [2.05, 4.69) is 20.9 Å². The van der Waals surface area contributed by atoms with Crippen molar-refractivity contribution in [3.8, 4) is 5.75 Å². The first-order valence-electron chi connectivity index (χ1n) is 9.06. The number of nitrogens with zero attached hydrogens (tertiary/aromatic N) is 2. The van der Waals surface area contributed by atoms with Crippen LogP contribution in [0.25, 0.3) is 5.76 Å². The molecule has 4 rings (SSSR count). The molecule has 0 spiro atoms. The van der Waals surface area contributed by atoms with Crippen LogP contribution in [0.1, 0.15) is 22.0 Å². The molecule has 1 aliphatic rings. The van der Waals surface area contributed by atoms with E-state index >= 15 is 0 Å². The Balaban J connectivity index is 1.83. The normalized spacial score (nSPS) is 18.1. The van der Waals surface area contributed by atoms with Crippen LogP contribution in [0.3, 0.4) is 0 Å². The fourth-order valence-corrected chi connectivity index (χ4v) is 4.83. The number of hydrogen-bond acceptors (Lipinski definition) is 6. The van der Waals surface area contributed by atoms with Crippen LogP contribution in [0.4, 0.5) is 0 Å². The maximum Gasteiger partial charge on any atom is 0.295 e. The number of methoxy groups -OCH3 is 1. The topological polar surface area (TPSA) is 79.7 Å². The summed E-state index contributed by atoms with van der Waals surface area (Å²) in [7, 11) is 1.54. The molecule has 1 N–H and O–H groups in total. The summed E-state index contributed by atoms with van der Waals surface area (Å²) in [5.41, 5.74) is 1.29. The number of pyridine rings is 1. The van der Waals surface area contributed by atoms with E-state index in [0.29, 0.717) is 15.8 Å². The van der Waals surface area contributed by atoms with E-state index in [4.69, 9.17) is 4.74 Å². The van der Waals surface area contributed by atoms with E-state index in [-0.39, 0.29) is 17.9 Å². The van der Waals surface area contributed by atoms with Crippen molar-refractivity contribution in [2.24, 2.45) is 0 Å². The van der Waals surface area contributed by atoms with Crippen molar-refractivity contribution >= 4 is 44.7 Å². The molecule has 8 heteroatoms. The number of halogens is 1. The van der Waals surface area contributed by atoms with Gasteiger partial charge < -0.3 is 14.7 Å². The smallest absolute Gasteiger partial charge is 0.295 e. The molecule has 1 fully saturated rings. The molecule has 0 radical (unpaired) electrons. The Kier molecular flexibility index (Phi) is 5.69. The van der Waals surface area contributed by atoms with Crippen LogP contribution in [-0.2, 0) is 16.1 Å². The molecule has 3 aromatic rings. The zero-order valence-electron chi connectivity index (χ0n) is 15.9. The Morgan fingerprint density at radius 3 is 2.73 bits per heavy atom. The van der Waals surface area contributed by atoms with Gasteiger partial charge in [-0.05, 0) is 57.2 Å². The van der Waals surface area contributed by atoms with E-state index in [9.17, 15) is 14.7 Å². The molecule has 1 unspecified atom stereocenters. The van der Waals surface area contributed by atoms with Gasteiger partial charge in [0.1, 0.15) is 11.5 Å². The number of Topliss-reactive ketones (excluding diaryl/α,β-unsaturated/α-hetero) is 1. The van der Waals surface area contributed by atoms with Gasteiger partial charge in [-0.25, -0.2) is 0 Å². The number of carbonyl (C=O) groups is 2. The number of amides is 1. The second-order valence-corrected chi connectivity index (χ2v) is 8.49. The number of aliphatic hydroxyl groups is 1. The highest BCUT2D eigenvalue weighted by Crippen LogP contribution is 2.42. The van der Waals surface area contributed by atoms with Gasteiger partial charge >= 0.3 is 0 Å². The van der Waals surface area contributed by atoms with Gasteiger partial charge in [0.05, 0.1) is 23.2 Å². The first-order valence-corrected chi connectivity index (χ1v) is 10.7. The minimum absolute atomic E-state index is 0.0726. The fourth-order valence-electron chi connectivity index (χ4n) is 3.44. The van der Waals surface area contributed by atoms with Crippen molar-refractivity contribution in [3.05, 3.63) is 86.3 Å². The van der Waals surface area contributed by atoms with Crippen LogP contribution in [0.5, 0.6) is 5.75 Å². The molecule has 0 saturated carbocycles. The predicted molar refractivity (Wildman–Crippen MR) is 117 cm³/mol. The van der Waals surface area contributed by atoms with E-state index in [0.717, 1.165) is 10.4 Å². The summed E-state index contributed by atoms with van der Waals surface area (Å²) < 4.78 is 5.86. The molecule has 1 amide bonds. The molecule has 152 valence electrons. The average molecular weight is 485 g/mol. The fraction of sp³-hybridized carbons (Fsp3) is 0.136. The lowest BCUT2D eigenvalue weighted by atomic mass is 9.99. The highest BCUT2D eigenvalue weighted by atomic mass is 79.9.